The van der Waals surface area contributed by atoms with Gasteiger partial charge in [-0.25, -0.2) is 4.98 Å². The maximum absolute atomic E-state index is 11.2. The van der Waals surface area contributed by atoms with Crippen molar-refractivity contribution in [2.45, 2.75) is 20.3 Å². The fourth-order valence-corrected chi connectivity index (χ4v) is 2.85. The van der Waals surface area contributed by atoms with Gasteiger partial charge < -0.3 is 20.7 Å². The van der Waals surface area contributed by atoms with Crippen LogP contribution in [0.25, 0.3) is 0 Å². The molecule has 3 aromatic rings. The smallest absolute Gasteiger partial charge is 0.229 e. The largest absolute Gasteiger partial charge is 0.497 e. The summed E-state index contributed by atoms with van der Waals surface area (Å²) in [5.74, 6) is 1.99. The number of methoxy groups -OCH3 is 1. The summed E-state index contributed by atoms with van der Waals surface area (Å²) in [6, 6.07) is 17.4. The summed E-state index contributed by atoms with van der Waals surface area (Å²) in [4.78, 5) is 20.2. The molecule has 150 valence electrons. The molecule has 0 spiro atoms. The van der Waals surface area contributed by atoms with Gasteiger partial charge >= 0.3 is 0 Å². The van der Waals surface area contributed by atoms with Crippen LogP contribution in [-0.4, -0.2) is 29.5 Å². The molecule has 0 aliphatic heterocycles. The quantitative estimate of drug-likeness (QED) is 0.535. The van der Waals surface area contributed by atoms with Crippen molar-refractivity contribution in [2.24, 2.45) is 0 Å². The zero-order chi connectivity index (χ0) is 20.6. The molecular formula is C22H25N5O2. The van der Waals surface area contributed by atoms with Crippen molar-refractivity contribution in [3.05, 3.63) is 65.9 Å². The van der Waals surface area contributed by atoms with E-state index < -0.39 is 0 Å². The summed E-state index contributed by atoms with van der Waals surface area (Å²) in [5.41, 5.74) is 3.59. The third-order valence-corrected chi connectivity index (χ3v) is 4.17. The third kappa shape index (κ3) is 6.21. The second kappa shape index (κ2) is 9.54. The van der Waals surface area contributed by atoms with Crippen LogP contribution in [0.5, 0.6) is 5.75 Å². The molecule has 3 rings (SSSR count). The number of hydrogen-bond donors (Lipinski definition) is 3. The number of anilines is 4. The van der Waals surface area contributed by atoms with Gasteiger partial charge in [-0.15, -0.1) is 0 Å². The van der Waals surface area contributed by atoms with Crippen LogP contribution in [0.2, 0.25) is 0 Å². The highest BCUT2D eigenvalue weighted by Crippen LogP contribution is 2.20. The fraction of sp³-hybridized carbons (Fsp3) is 0.227. The van der Waals surface area contributed by atoms with E-state index in [1.165, 1.54) is 12.5 Å². The number of nitrogens with zero attached hydrogens (tertiary/aromatic N) is 2. The molecule has 3 N–H and O–H groups in total. The van der Waals surface area contributed by atoms with Gasteiger partial charge in [0.25, 0.3) is 0 Å². The van der Waals surface area contributed by atoms with Crippen LogP contribution >= 0.6 is 0 Å². The molecule has 1 aromatic heterocycles. The zero-order valence-corrected chi connectivity index (χ0v) is 16.8. The van der Waals surface area contributed by atoms with Crippen LogP contribution in [-0.2, 0) is 11.2 Å². The van der Waals surface area contributed by atoms with E-state index in [1.807, 2.05) is 49.4 Å². The monoisotopic (exact) mass is 391 g/mol. The average Bonchev–Trinajstić information content (AvgIpc) is 2.68. The number of nitrogens with one attached hydrogen (secondary N) is 3. The van der Waals surface area contributed by atoms with Gasteiger partial charge in [0.1, 0.15) is 11.6 Å². The first-order valence-electron chi connectivity index (χ1n) is 9.39. The molecule has 2 aromatic carbocycles. The second-order valence-corrected chi connectivity index (χ2v) is 6.63. The minimum Gasteiger partial charge on any atom is -0.497 e. The Morgan fingerprint density at radius 2 is 1.79 bits per heavy atom. The zero-order valence-electron chi connectivity index (χ0n) is 16.8. The fourth-order valence-electron chi connectivity index (χ4n) is 2.85. The minimum atomic E-state index is -0.114. The average molecular weight is 391 g/mol. The van der Waals surface area contributed by atoms with E-state index in [1.54, 1.807) is 7.11 Å². The molecule has 0 bridgehead atoms. The Bertz CT molecular complexity index is 973. The molecule has 1 amide bonds. The molecule has 1 heterocycles. The van der Waals surface area contributed by atoms with Crippen molar-refractivity contribution in [3.8, 4) is 5.75 Å². The SMILES string of the molecule is COc1ccc(CCNc2cc(C)nc(Nc3cccc(NC(C)=O)c3)n2)cc1. The van der Waals surface area contributed by atoms with Crippen LogP contribution < -0.4 is 20.7 Å². The number of aromatic nitrogens is 2. The molecule has 0 unspecified atom stereocenters. The van der Waals surface area contributed by atoms with Crippen molar-refractivity contribution < 1.29 is 9.53 Å². The number of benzene rings is 2. The van der Waals surface area contributed by atoms with Crippen molar-refractivity contribution in [2.75, 3.05) is 29.6 Å². The Labute approximate surface area is 170 Å². The van der Waals surface area contributed by atoms with Crippen LogP contribution in [0.3, 0.4) is 0 Å². The molecule has 29 heavy (non-hydrogen) atoms. The molecule has 7 heteroatoms. The van der Waals surface area contributed by atoms with E-state index >= 15 is 0 Å². The van der Waals surface area contributed by atoms with E-state index in [0.717, 1.165) is 35.9 Å². The van der Waals surface area contributed by atoms with Crippen LogP contribution in [0, 0.1) is 6.92 Å². The molecular weight excluding hydrogens is 366 g/mol. The Morgan fingerprint density at radius 3 is 2.52 bits per heavy atom. The Kier molecular flexibility index (Phi) is 6.63. The lowest BCUT2D eigenvalue weighted by Crippen LogP contribution is -2.09. The Balaban J connectivity index is 1.62. The lowest BCUT2D eigenvalue weighted by Gasteiger charge is -2.11. The lowest BCUT2D eigenvalue weighted by atomic mass is 10.1. The van der Waals surface area contributed by atoms with Gasteiger partial charge in [-0.05, 0) is 49.2 Å². The number of hydrogen-bond acceptors (Lipinski definition) is 6. The van der Waals surface area contributed by atoms with Crippen LogP contribution in [0.1, 0.15) is 18.2 Å². The van der Waals surface area contributed by atoms with Gasteiger partial charge in [-0.2, -0.15) is 4.98 Å². The summed E-state index contributed by atoms with van der Waals surface area (Å²) in [6.07, 6.45) is 0.870. The van der Waals surface area contributed by atoms with Crippen molar-refractivity contribution in [3.63, 3.8) is 0 Å². The van der Waals surface area contributed by atoms with Gasteiger partial charge in [-0.1, -0.05) is 18.2 Å². The van der Waals surface area contributed by atoms with E-state index in [2.05, 4.69) is 38.1 Å². The van der Waals surface area contributed by atoms with Crippen LogP contribution in [0.15, 0.2) is 54.6 Å². The van der Waals surface area contributed by atoms with Crippen LogP contribution in [0.4, 0.5) is 23.1 Å². The number of aryl methyl sites for hydroxylation is 1. The van der Waals surface area contributed by atoms with E-state index in [0.29, 0.717) is 11.6 Å². The predicted molar refractivity (Wildman–Crippen MR) is 116 cm³/mol. The molecule has 0 fully saturated rings. The Hall–Kier alpha value is -3.61. The van der Waals surface area contributed by atoms with Crippen molar-refractivity contribution >= 4 is 29.0 Å². The number of amides is 1. The van der Waals surface area contributed by atoms with Gasteiger partial charge in [0.15, 0.2) is 0 Å². The maximum Gasteiger partial charge on any atom is 0.229 e. The third-order valence-electron chi connectivity index (χ3n) is 4.17. The van der Waals surface area contributed by atoms with Gasteiger partial charge in [-0.3, -0.25) is 4.79 Å². The highest BCUT2D eigenvalue weighted by Gasteiger charge is 2.05. The summed E-state index contributed by atoms with van der Waals surface area (Å²) >= 11 is 0. The number of ether oxygens (including phenoxy) is 1. The summed E-state index contributed by atoms with van der Waals surface area (Å²) in [7, 11) is 1.66. The summed E-state index contributed by atoms with van der Waals surface area (Å²) in [5, 5.41) is 9.30. The number of rotatable bonds is 8. The molecule has 0 aliphatic rings. The molecule has 0 saturated carbocycles. The summed E-state index contributed by atoms with van der Waals surface area (Å²) < 4.78 is 5.18. The molecule has 0 radical (unpaired) electrons. The minimum absolute atomic E-state index is 0.114. The van der Waals surface area contributed by atoms with Gasteiger partial charge in [0.05, 0.1) is 7.11 Å². The van der Waals surface area contributed by atoms with Gasteiger partial charge in [0.2, 0.25) is 11.9 Å². The highest BCUT2D eigenvalue weighted by atomic mass is 16.5. The molecule has 7 nitrogen and oxygen atoms in total. The maximum atomic E-state index is 11.2. The number of carbonyl (C=O) groups excluding carboxylic acids is 1. The van der Waals surface area contributed by atoms with E-state index in [4.69, 9.17) is 4.74 Å². The van der Waals surface area contributed by atoms with Gasteiger partial charge in [0, 0.05) is 36.6 Å². The summed E-state index contributed by atoms with van der Waals surface area (Å²) in [6.45, 7) is 4.16. The van der Waals surface area contributed by atoms with Crippen molar-refractivity contribution in [1.82, 2.24) is 9.97 Å². The first kappa shape index (κ1) is 20.1. The normalized spacial score (nSPS) is 10.3. The second-order valence-electron chi connectivity index (χ2n) is 6.63. The first-order chi connectivity index (χ1) is 14.0. The predicted octanol–water partition coefficient (Wildman–Crippen LogP) is 4.15. The Morgan fingerprint density at radius 1 is 1.03 bits per heavy atom. The highest BCUT2D eigenvalue weighted by molar-refractivity contribution is 5.89. The molecule has 0 atom stereocenters. The molecule has 0 saturated heterocycles. The molecule has 0 aliphatic carbocycles. The standard InChI is InChI=1S/C22H25N5O2/c1-15-13-21(23-12-11-17-7-9-20(29-3)10-8-17)27-22(24-15)26-19-6-4-5-18(14-19)25-16(2)28/h4-10,13-14H,11-12H2,1-3H3,(H,25,28)(H2,23,24,26,27). The lowest BCUT2D eigenvalue weighted by molar-refractivity contribution is -0.114. The van der Waals surface area contributed by atoms with E-state index in [-0.39, 0.29) is 5.91 Å². The topological polar surface area (TPSA) is 88.2 Å². The van der Waals surface area contributed by atoms with E-state index in [9.17, 15) is 4.79 Å². The first-order valence-corrected chi connectivity index (χ1v) is 9.39. The van der Waals surface area contributed by atoms with Crippen molar-refractivity contribution in [1.29, 1.82) is 0 Å². The number of carbonyl (C=O) groups is 1.